The first-order valence-electron chi connectivity index (χ1n) is 5.79. The van der Waals surface area contributed by atoms with Crippen LogP contribution in [-0.2, 0) is 0 Å². The van der Waals surface area contributed by atoms with Gasteiger partial charge in [-0.2, -0.15) is 0 Å². The molecule has 2 aromatic rings. The lowest BCUT2D eigenvalue weighted by Gasteiger charge is -2.08. The van der Waals surface area contributed by atoms with Crippen LogP contribution >= 0.6 is 11.3 Å². The van der Waals surface area contributed by atoms with E-state index in [1.165, 1.54) is 17.9 Å². The van der Waals surface area contributed by atoms with Gasteiger partial charge in [-0.3, -0.25) is 10.0 Å². The van der Waals surface area contributed by atoms with Crippen molar-refractivity contribution in [1.29, 1.82) is 0 Å². The third kappa shape index (κ3) is 3.65. The first-order valence-corrected chi connectivity index (χ1v) is 6.61. The number of rotatable bonds is 5. The van der Waals surface area contributed by atoms with Gasteiger partial charge < -0.3 is 9.47 Å². The van der Waals surface area contributed by atoms with Gasteiger partial charge in [0.15, 0.2) is 0 Å². The van der Waals surface area contributed by atoms with Crippen molar-refractivity contribution in [2.75, 3.05) is 0 Å². The Balaban J connectivity index is 2.02. The smallest absolute Gasteiger partial charge is 0.286 e. The van der Waals surface area contributed by atoms with E-state index in [9.17, 15) is 4.79 Å². The number of amides is 1. The highest BCUT2D eigenvalue weighted by Crippen LogP contribution is 2.26. The first-order chi connectivity index (χ1) is 9.58. The van der Waals surface area contributed by atoms with Gasteiger partial charge in [-0.15, -0.1) is 0 Å². The van der Waals surface area contributed by atoms with Crippen molar-refractivity contribution >= 4 is 17.2 Å². The van der Waals surface area contributed by atoms with Gasteiger partial charge in [-0.05, 0) is 19.9 Å². The summed E-state index contributed by atoms with van der Waals surface area (Å²) in [7, 11) is 0. The predicted octanol–water partition coefficient (Wildman–Crippen LogP) is 2.24. The molecule has 1 amide bonds. The van der Waals surface area contributed by atoms with Crippen molar-refractivity contribution < 1.29 is 19.5 Å². The SMILES string of the molecule is CC(C)Oc1ccc(Oc2ncc(C(=O)NO)s2)cn1. The van der Waals surface area contributed by atoms with Gasteiger partial charge in [0.25, 0.3) is 11.1 Å². The van der Waals surface area contributed by atoms with Crippen LogP contribution in [0, 0.1) is 0 Å². The van der Waals surface area contributed by atoms with Crippen molar-refractivity contribution in [3.63, 3.8) is 0 Å². The Morgan fingerprint density at radius 2 is 2.15 bits per heavy atom. The summed E-state index contributed by atoms with van der Waals surface area (Å²) >= 11 is 1.01. The van der Waals surface area contributed by atoms with Gasteiger partial charge >= 0.3 is 0 Å². The highest BCUT2D eigenvalue weighted by molar-refractivity contribution is 7.15. The lowest BCUT2D eigenvalue weighted by molar-refractivity contribution is 0.0710. The normalized spacial score (nSPS) is 10.4. The highest BCUT2D eigenvalue weighted by Gasteiger charge is 2.11. The van der Waals surface area contributed by atoms with E-state index in [1.54, 1.807) is 12.1 Å². The summed E-state index contributed by atoms with van der Waals surface area (Å²) in [5, 5.41) is 8.78. The highest BCUT2D eigenvalue weighted by atomic mass is 32.1. The summed E-state index contributed by atoms with van der Waals surface area (Å²) in [5.74, 6) is 0.356. The molecule has 20 heavy (non-hydrogen) atoms. The molecule has 0 radical (unpaired) electrons. The molecule has 0 aliphatic carbocycles. The topological polar surface area (TPSA) is 93.6 Å². The molecule has 2 aromatic heterocycles. The third-order valence-corrected chi connectivity index (χ3v) is 2.95. The van der Waals surface area contributed by atoms with Crippen LogP contribution < -0.4 is 15.0 Å². The Morgan fingerprint density at radius 3 is 2.75 bits per heavy atom. The van der Waals surface area contributed by atoms with Gasteiger partial charge in [0.05, 0.1) is 18.5 Å². The van der Waals surface area contributed by atoms with E-state index >= 15 is 0 Å². The van der Waals surface area contributed by atoms with Crippen LogP contribution in [0.5, 0.6) is 16.8 Å². The van der Waals surface area contributed by atoms with Crippen molar-refractivity contribution in [2.45, 2.75) is 20.0 Å². The summed E-state index contributed by atoms with van der Waals surface area (Å²) < 4.78 is 10.9. The number of hydroxylamine groups is 1. The fourth-order valence-corrected chi connectivity index (χ4v) is 1.98. The number of hydrogen-bond donors (Lipinski definition) is 2. The van der Waals surface area contributed by atoms with Crippen LogP contribution in [0.25, 0.3) is 0 Å². The van der Waals surface area contributed by atoms with Crippen molar-refractivity contribution in [1.82, 2.24) is 15.4 Å². The Bertz CT molecular complexity index is 583. The number of hydrogen-bond acceptors (Lipinski definition) is 7. The number of pyridine rings is 1. The average molecular weight is 295 g/mol. The van der Waals surface area contributed by atoms with Crippen LogP contribution in [-0.4, -0.2) is 27.2 Å². The molecule has 2 N–H and O–H groups in total. The number of aromatic nitrogens is 2. The molecule has 0 saturated carbocycles. The number of carbonyl (C=O) groups excluding carboxylic acids is 1. The lowest BCUT2D eigenvalue weighted by atomic mass is 10.4. The Kier molecular flexibility index (Phi) is 4.49. The van der Waals surface area contributed by atoms with Gasteiger partial charge in [-0.25, -0.2) is 15.4 Å². The second kappa shape index (κ2) is 6.31. The molecule has 0 aliphatic rings. The summed E-state index contributed by atoms with van der Waals surface area (Å²) in [4.78, 5) is 19.4. The minimum Gasteiger partial charge on any atom is -0.475 e. The maximum absolute atomic E-state index is 11.2. The molecule has 2 rings (SSSR count). The van der Waals surface area contributed by atoms with E-state index in [-0.39, 0.29) is 16.2 Å². The van der Waals surface area contributed by atoms with Gasteiger partial charge in [0.2, 0.25) is 5.88 Å². The molecule has 2 heterocycles. The van der Waals surface area contributed by atoms with Gasteiger partial charge in [-0.1, -0.05) is 11.3 Å². The molecule has 0 saturated heterocycles. The number of ether oxygens (including phenoxy) is 2. The molecular formula is C12H13N3O4S. The number of carbonyl (C=O) groups is 1. The first kappa shape index (κ1) is 14.2. The van der Waals surface area contributed by atoms with E-state index in [0.29, 0.717) is 11.6 Å². The monoisotopic (exact) mass is 295 g/mol. The molecule has 0 aromatic carbocycles. The lowest BCUT2D eigenvalue weighted by Crippen LogP contribution is -2.16. The zero-order chi connectivity index (χ0) is 14.5. The van der Waals surface area contributed by atoms with Crippen molar-refractivity contribution in [3.8, 4) is 16.8 Å². The van der Waals surface area contributed by atoms with Crippen molar-refractivity contribution in [2.24, 2.45) is 0 Å². The molecule has 0 spiro atoms. The second-order valence-corrected chi connectivity index (χ2v) is 5.03. The largest absolute Gasteiger partial charge is 0.475 e. The second-order valence-electron chi connectivity index (χ2n) is 4.03. The molecule has 0 fully saturated rings. The molecule has 0 unspecified atom stereocenters. The van der Waals surface area contributed by atoms with E-state index in [2.05, 4.69) is 9.97 Å². The fraction of sp³-hybridized carbons (Fsp3) is 0.250. The number of thiazole rings is 1. The average Bonchev–Trinajstić information content (AvgIpc) is 2.88. The summed E-state index contributed by atoms with van der Waals surface area (Å²) in [6, 6.07) is 3.38. The molecule has 0 aliphatic heterocycles. The zero-order valence-corrected chi connectivity index (χ0v) is 11.7. The summed E-state index contributed by atoms with van der Waals surface area (Å²) in [6.45, 7) is 3.82. The number of nitrogens with zero attached hydrogens (tertiary/aromatic N) is 2. The molecule has 8 heteroatoms. The Hall–Kier alpha value is -2.19. The van der Waals surface area contributed by atoms with Crippen LogP contribution in [0.2, 0.25) is 0 Å². The van der Waals surface area contributed by atoms with Gasteiger partial charge in [0.1, 0.15) is 10.6 Å². The zero-order valence-electron chi connectivity index (χ0n) is 10.9. The van der Waals surface area contributed by atoms with E-state index in [0.717, 1.165) is 11.3 Å². The van der Waals surface area contributed by atoms with Crippen LogP contribution in [0.15, 0.2) is 24.5 Å². The third-order valence-electron chi connectivity index (χ3n) is 2.08. The van der Waals surface area contributed by atoms with E-state index < -0.39 is 5.91 Å². The number of nitrogens with one attached hydrogen (secondary N) is 1. The van der Waals surface area contributed by atoms with E-state index in [1.807, 2.05) is 13.8 Å². The van der Waals surface area contributed by atoms with Crippen LogP contribution in [0.3, 0.4) is 0 Å². The van der Waals surface area contributed by atoms with Crippen molar-refractivity contribution in [3.05, 3.63) is 29.4 Å². The minimum absolute atomic E-state index is 0.0489. The van der Waals surface area contributed by atoms with Crippen LogP contribution in [0.1, 0.15) is 23.5 Å². The summed E-state index contributed by atoms with van der Waals surface area (Å²) in [6.07, 6.45) is 2.87. The minimum atomic E-state index is -0.629. The maximum atomic E-state index is 11.2. The molecule has 0 atom stereocenters. The van der Waals surface area contributed by atoms with E-state index in [4.69, 9.17) is 14.7 Å². The Labute approximate surface area is 119 Å². The van der Waals surface area contributed by atoms with Crippen LogP contribution in [0.4, 0.5) is 0 Å². The molecule has 106 valence electrons. The molecule has 7 nitrogen and oxygen atoms in total. The predicted molar refractivity (Wildman–Crippen MR) is 71.4 cm³/mol. The molecule has 0 bridgehead atoms. The maximum Gasteiger partial charge on any atom is 0.286 e. The van der Waals surface area contributed by atoms with Gasteiger partial charge in [0, 0.05) is 6.07 Å². The summed E-state index contributed by atoms with van der Waals surface area (Å²) in [5.41, 5.74) is 1.53. The molecular weight excluding hydrogens is 282 g/mol. The standard InChI is InChI=1S/C12H13N3O4S/c1-7(2)18-10-4-3-8(5-13-10)19-12-14-6-9(20-12)11(16)15-17/h3-7,17H,1-2H3,(H,15,16). The fourth-order valence-electron chi connectivity index (χ4n) is 1.30. The Morgan fingerprint density at radius 1 is 1.35 bits per heavy atom. The quantitative estimate of drug-likeness (QED) is 0.649.